The lowest BCUT2D eigenvalue weighted by Gasteiger charge is -2.19. The SMILES string of the molecule is CCn1c(CO)nn(-c2nc(O[C@@H](C)C(F)(F)F)c(C(=O)Nc3nc(OC)ccc3Cl)cc2F)c1=O. The largest absolute Gasteiger partial charge is 0.481 e. The molecule has 0 aliphatic heterocycles. The summed E-state index contributed by atoms with van der Waals surface area (Å²) in [5.41, 5.74) is -1.68. The molecule has 0 spiro atoms. The van der Waals surface area contributed by atoms with Crippen LogP contribution in [0.3, 0.4) is 0 Å². The van der Waals surface area contributed by atoms with Crippen molar-refractivity contribution in [1.29, 1.82) is 0 Å². The van der Waals surface area contributed by atoms with Crippen molar-refractivity contribution in [2.24, 2.45) is 0 Å². The first-order chi connectivity index (χ1) is 16.9. The van der Waals surface area contributed by atoms with E-state index in [1.54, 1.807) is 6.92 Å². The van der Waals surface area contributed by atoms with Gasteiger partial charge in [0.1, 0.15) is 12.2 Å². The van der Waals surface area contributed by atoms with E-state index in [0.29, 0.717) is 17.7 Å². The summed E-state index contributed by atoms with van der Waals surface area (Å²) in [4.78, 5) is 33.1. The molecule has 3 aromatic heterocycles. The number of anilines is 1. The predicted molar refractivity (Wildman–Crippen MR) is 117 cm³/mol. The summed E-state index contributed by atoms with van der Waals surface area (Å²) in [5, 5.41) is 15.4. The molecule has 16 heteroatoms. The maximum atomic E-state index is 15.1. The molecule has 0 bridgehead atoms. The number of hydrogen-bond donors (Lipinski definition) is 2. The molecule has 0 aromatic carbocycles. The highest BCUT2D eigenvalue weighted by Gasteiger charge is 2.39. The number of aromatic nitrogens is 5. The fraction of sp³-hybridized carbons (Fsp3) is 0.350. The van der Waals surface area contributed by atoms with Gasteiger partial charge < -0.3 is 19.9 Å². The van der Waals surface area contributed by atoms with E-state index in [1.165, 1.54) is 19.2 Å². The zero-order chi connectivity index (χ0) is 26.8. The third-order valence-electron chi connectivity index (χ3n) is 4.78. The zero-order valence-corrected chi connectivity index (χ0v) is 19.7. The molecule has 1 atom stereocenters. The molecule has 0 fully saturated rings. The van der Waals surface area contributed by atoms with Crippen molar-refractivity contribution >= 4 is 23.3 Å². The quantitative estimate of drug-likeness (QED) is 0.421. The number of hydrogen-bond acceptors (Lipinski definition) is 8. The van der Waals surface area contributed by atoms with Crippen molar-refractivity contribution in [2.75, 3.05) is 12.4 Å². The number of rotatable bonds is 8. The van der Waals surface area contributed by atoms with Crippen LogP contribution in [0, 0.1) is 5.82 Å². The molecule has 3 heterocycles. The molecule has 0 saturated carbocycles. The van der Waals surface area contributed by atoms with E-state index in [2.05, 4.69) is 20.4 Å². The molecule has 0 aliphatic carbocycles. The molecule has 11 nitrogen and oxygen atoms in total. The van der Waals surface area contributed by atoms with Gasteiger partial charge in [-0.2, -0.15) is 27.8 Å². The van der Waals surface area contributed by atoms with Crippen molar-refractivity contribution in [1.82, 2.24) is 24.3 Å². The van der Waals surface area contributed by atoms with Gasteiger partial charge in [-0.1, -0.05) is 11.6 Å². The molecule has 0 aliphatic rings. The van der Waals surface area contributed by atoms with Crippen LogP contribution in [0.1, 0.15) is 30.0 Å². The fourth-order valence-corrected chi connectivity index (χ4v) is 3.06. The fourth-order valence-electron chi connectivity index (χ4n) is 2.91. The normalized spacial score (nSPS) is 12.4. The summed E-state index contributed by atoms with van der Waals surface area (Å²) in [5.74, 6) is -4.56. The van der Waals surface area contributed by atoms with Crippen LogP contribution < -0.4 is 20.5 Å². The van der Waals surface area contributed by atoms with Gasteiger partial charge in [-0.05, 0) is 26.0 Å². The molecule has 3 aromatic rings. The van der Waals surface area contributed by atoms with Gasteiger partial charge in [0.15, 0.2) is 29.4 Å². The number of carbonyl (C=O) groups excluding carboxylic acids is 1. The number of alkyl halides is 3. The van der Waals surface area contributed by atoms with Gasteiger partial charge in [0.05, 0.1) is 12.1 Å². The van der Waals surface area contributed by atoms with E-state index >= 15 is 4.39 Å². The van der Waals surface area contributed by atoms with Crippen LogP contribution in [0.25, 0.3) is 5.82 Å². The Hall–Kier alpha value is -3.72. The Morgan fingerprint density at radius 2 is 2.00 bits per heavy atom. The second-order valence-electron chi connectivity index (χ2n) is 7.10. The van der Waals surface area contributed by atoms with Gasteiger partial charge in [-0.15, -0.1) is 5.10 Å². The number of ether oxygens (including phenoxy) is 2. The molecule has 36 heavy (non-hydrogen) atoms. The van der Waals surface area contributed by atoms with Gasteiger partial charge >= 0.3 is 11.9 Å². The lowest BCUT2D eigenvalue weighted by atomic mass is 10.2. The van der Waals surface area contributed by atoms with Crippen molar-refractivity contribution < 1.29 is 36.9 Å². The molecular formula is C20H19ClF4N6O5. The highest BCUT2D eigenvalue weighted by Crippen LogP contribution is 2.29. The van der Waals surface area contributed by atoms with E-state index in [9.17, 15) is 27.9 Å². The van der Waals surface area contributed by atoms with Crippen LogP contribution in [0.5, 0.6) is 11.8 Å². The average molecular weight is 535 g/mol. The number of nitrogens with one attached hydrogen (secondary N) is 1. The number of aliphatic hydroxyl groups excluding tert-OH is 1. The maximum Gasteiger partial charge on any atom is 0.425 e. The summed E-state index contributed by atoms with van der Waals surface area (Å²) < 4.78 is 65.9. The maximum absolute atomic E-state index is 15.1. The monoisotopic (exact) mass is 534 g/mol. The average Bonchev–Trinajstić information content (AvgIpc) is 3.15. The second kappa shape index (κ2) is 10.5. The number of nitrogens with zero attached hydrogens (tertiary/aromatic N) is 5. The zero-order valence-electron chi connectivity index (χ0n) is 18.9. The predicted octanol–water partition coefficient (Wildman–Crippen LogP) is 2.72. The number of methoxy groups -OCH3 is 1. The highest BCUT2D eigenvalue weighted by atomic mass is 35.5. The van der Waals surface area contributed by atoms with Gasteiger partial charge in [-0.3, -0.25) is 9.36 Å². The Morgan fingerprint density at radius 3 is 2.56 bits per heavy atom. The van der Waals surface area contributed by atoms with Crippen LogP contribution in [0.15, 0.2) is 23.0 Å². The summed E-state index contributed by atoms with van der Waals surface area (Å²) in [6, 6.07) is 3.25. The van der Waals surface area contributed by atoms with Crippen LogP contribution in [-0.2, 0) is 13.2 Å². The smallest absolute Gasteiger partial charge is 0.425 e. The molecule has 0 unspecified atom stereocenters. The summed E-state index contributed by atoms with van der Waals surface area (Å²) in [6.45, 7) is 1.58. The van der Waals surface area contributed by atoms with Crippen LogP contribution in [-0.4, -0.2) is 54.7 Å². The van der Waals surface area contributed by atoms with Crippen LogP contribution in [0.2, 0.25) is 5.02 Å². The highest BCUT2D eigenvalue weighted by molar-refractivity contribution is 6.33. The number of pyridine rings is 2. The van der Waals surface area contributed by atoms with Crippen LogP contribution in [0.4, 0.5) is 23.4 Å². The number of halogens is 5. The first kappa shape index (κ1) is 26.9. The van der Waals surface area contributed by atoms with E-state index in [0.717, 1.165) is 4.57 Å². The third kappa shape index (κ3) is 5.41. The lowest BCUT2D eigenvalue weighted by molar-refractivity contribution is -0.190. The minimum Gasteiger partial charge on any atom is -0.481 e. The topological polar surface area (TPSA) is 133 Å². The molecule has 0 saturated heterocycles. The van der Waals surface area contributed by atoms with Crippen molar-refractivity contribution in [3.05, 3.63) is 50.9 Å². The summed E-state index contributed by atoms with van der Waals surface area (Å²) in [7, 11) is 1.30. The molecule has 0 radical (unpaired) electrons. The lowest BCUT2D eigenvalue weighted by Crippen LogP contribution is -2.33. The van der Waals surface area contributed by atoms with E-state index in [4.69, 9.17) is 21.1 Å². The van der Waals surface area contributed by atoms with Gasteiger partial charge in [0, 0.05) is 12.6 Å². The van der Waals surface area contributed by atoms with Crippen LogP contribution >= 0.6 is 11.6 Å². The van der Waals surface area contributed by atoms with E-state index in [1.807, 2.05) is 0 Å². The van der Waals surface area contributed by atoms with E-state index < -0.39 is 53.6 Å². The van der Waals surface area contributed by atoms with Crippen molar-refractivity contribution in [3.8, 4) is 17.6 Å². The molecular weight excluding hydrogens is 516 g/mol. The Morgan fingerprint density at radius 1 is 1.31 bits per heavy atom. The number of aliphatic hydroxyl groups is 1. The molecule has 3 rings (SSSR count). The molecule has 194 valence electrons. The Balaban J connectivity index is 2.14. The minimum atomic E-state index is -4.87. The Labute approximate surface area is 205 Å². The minimum absolute atomic E-state index is 0.0477. The number of carbonyl (C=O) groups is 1. The van der Waals surface area contributed by atoms with Crippen molar-refractivity contribution in [3.63, 3.8) is 0 Å². The second-order valence-corrected chi connectivity index (χ2v) is 7.51. The first-order valence-corrected chi connectivity index (χ1v) is 10.5. The Bertz CT molecular complexity index is 1340. The summed E-state index contributed by atoms with van der Waals surface area (Å²) >= 11 is 6.00. The third-order valence-corrected chi connectivity index (χ3v) is 5.08. The summed E-state index contributed by atoms with van der Waals surface area (Å²) in [6.07, 6.45) is -7.34. The molecule has 1 amide bonds. The van der Waals surface area contributed by atoms with Crippen molar-refractivity contribution in [2.45, 2.75) is 39.3 Å². The van der Waals surface area contributed by atoms with Gasteiger partial charge in [-0.25, -0.2) is 9.18 Å². The standard InChI is InChI=1S/C20H19ClF4N6O5/c1-4-30-13(8-32)29-31(19(30)34)16-12(22)7-10(18(28-16)36-9(2)20(23,24)25)17(33)27-15-11(21)5-6-14(26-15)35-3/h5-7,9,32H,4,8H2,1-3H3,(H,26,27,33)/t9-/m0/s1. The van der Waals surface area contributed by atoms with Gasteiger partial charge in [0.2, 0.25) is 11.8 Å². The van der Waals surface area contributed by atoms with Gasteiger partial charge in [0.25, 0.3) is 5.91 Å². The first-order valence-electron chi connectivity index (χ1n) is 10.2. The molecule has 2 N–H and O–H groups in total. The number of amides is 1. The van der Waals surface area contributed by atoms with E-state index in [-0.39, 0.29) is 29.1 Å². The Kier molecular flexibility index (Phi) is 7.83.